The fourth-order valence-electron chi connectivity index (χ4n) is 1.52. The average molecular weight is 294 g/mol. The van der Waals surface area contributed by atoms with Crippen molar-refractivity contribution < 1.29 is 14.7 Å². The number of urea groups is 1. The summed E-state index contributed by atoms with van der Waals surface area (Å²) < 4.78 is 1.71. The van der Waals surface area contributed by atoms with Crippen molar-refractivity contribution in [1.82, 2.24) is 9.78 Å². The molecule has 0 aromatic carbocycles. The molecule has 0 bridgehead atoms. The molecular weight excluding hydrogens is 280 g/mol. The summed E-state index contributed by atoms with van der Waals surface area (Å²) in [7, 11) is 0. The Bertz CT molecular complexity index is 632. The monoisotopic (exact) mass is 294 g/mol. The van der Waals surface area contributed by atoms with Crippen molar-refractivity contribution in [2.45, 2.75) is 19.9 Å². The Labute approximate surface area is 119 Å². The van der Waals surface area contributed by atoms with Gasteiger partial charge in [-0.3, -0.25) is 10.00 Å². The van der Waals surface area contributed by atoms with E-state index < -0.39 is 12.0 Å². The normalized spacial score (nSPS) is 10.6. The topological polar surface area (TPSA) is 96.2 Å². The molecule has 0 aliphatic heterocycles. The first-order chi connectivity index (χ1) is 9.47. The first-order valence-electron chi connectivity index (χ1n) is 5.90. The Morgan fingerprint density at radius 2 is 2.15 bits per heavy atom. The van der Waals surface area contributed by atoms with Gasteiger partial charge < -0.3 is 10.4 Å². The van der Waals surface area contributed by atoms with Crippen molar-refractivity contribution in [2.24, 2.45) is 0 Å². The van der Waals surface area contributed by atoms with Crippen molar-refractivity contribution >= 4 is 34.0 Å². The zero-order chi connectivity index (χ0) is 14.7. The third kappa shape index (κ3) is 3.15. The van der Waals surface area contributed by atoms with Crippen LogP contribution in [0.15, 0.2) is 23.8 Å². The Morgan fingerprint density at radius 3 is 2.75 bits per heavy atom. The molecule has 8 heteroatoms. The summed E-state index contributed by atoms with van der Waals surface area (Å²) in [5.41, 5.74) is 0.618. The maximum atomic E-state index is 11.8. The van der Waals surface area contributed by atoms with Gasteiger partial charge in [0.2, 0.25) is 0 Å². The Hall–Kier alpha value is -2.35. The fraction of sp³-hybridized carbons (Fsp3) is 0.250. The van der Waals surface area contributed by atoms with Gasteiger partial charge in [0, 0.05) is 12.2 Å². The van der Waals surface area contributed by atoms with E-state index in [0.29, 0.717) is 10.7 Å². The van der Waals surface area contributed by atoms with Gasteiger partial charge in [0.1, 0.15) is 5.00 Å². The largest absolute Gasteiger partial charge is 0.478 e. The highest BCUT2D eigenvalue weighted by Crippen LogP contribution is 2.23. The molecule has 0 unspecified atom stereocenters. The number of aromatic carboxylic acids is 1. The number of carbonyl (C=O) groups excluding carboxylic acids is 1. The molecule has 2 heterocycles. The molecule has 2 aromatic heterocycles. The lowest BCUT2D eigenvalue weighted by Crippen LogP contribution is -2.19. The molecule has 3 N–H and O–H groups in total. The van der Waals surface area contributed by atoms with Crippen LogP contribution in [-0.4, -0.2) is 26.9 Å². The molecule has 0 aliphatic carbocycles. The van der Waals surface area contributed by atoms with Crippen LogP contribution >= 0.6 is 11.3 Å². The predicted octanol–water partition coefficient (Wildman–Crippen LogP) is 2.87. The Morgan fingerprint density at radius 1 is 1.40 bits per heavy atom. The fourth-order valence-corrected chi connectivity index (χ4v) is 2.30. The smallest absolute Gasteiger partial charge is 0.338 e. The molecule has 0 spiro atoms. The molecule has 7 nitrogen and oxygen atoms in total. The van der Waals surface area contributed by atoms with Crippen molar-refractivity contribution in [3.8, 4) is 0 Å². The molecule has 2 amide bonds. The summed E-state index contributed by atoms with van der Waals surface area (Å²) in [6, 6.07) is 1.14. The number of carbonyl (C=O) groups is 2. The molecule has 20 heavy (non-hydrogen) atoms. The van der Waals surface area contributed by atoms with Crippen molar-refractivity contribution in [3.63, 3.8) is 0 Å². The van der Waals surface area contributed by atoms with Gasteiger partial charge in [-0.05, 0) is 25.3 Å². The van der Waals surface area contributed by atoms with Crippen molar-refractivity contribution in [2.75, 3.05) is 10.6 Å². The maximum absolute atomic E-state index is 11.8. The third-order valence-corrected chi connectivity index (χ3v) is 3.34. The first-order valence-corrected chi connectivity index (χ1v) is 6.78. The zero-order valence-corrected chi connectivity index (χ0v) is 11.8. The number of carboxylic acid groups (broad SMARTS) is 1. The number of nitrogens with zero attached hydrogens (tertiary/aromatic N) is 2. The average Bonchev–Trinajstić information content (AvgIpc) is 2.97. The number of nitrogens with one attached hydrogen (secondary N) is 2. The summed E-state index contributed by atoms with van der Waals surface area (Å²) in [5.74, 6) is -1.07. The summed E-state index contributed by atoms with van der Waals surface area (Å²) in [5, 5.41) is 20.1. The van der Waals surface area contributed by atoms with Gasteiger partial charge in [-0.25, -0.2) is 9.59 Å². The molecule has 0 saturated heterocycles. The second-order valence-corrected chi connectivity index (χ2v) is 5.27. The van der Waals surface area contributed by atoms with Crippen LogP contribution in [-0.2, 0) is 0 Å². The number of thiophene rings is 1. The molecule has 0 radical (unpaired) electrons. The first kappa shape index (κ1) is 14.1. The number of anilines is 2. The lowest BCUT2D eigenvalue weighted by molar-refractivity contribution is 0.0698. The number of hydrogen-bond acceptors (Lipinski definition) is 4. The Balaban J connectivity index is 2.01. The van der Waals surface area contributed by atoms with E-state index >= 15 is 0 Å². The minimum atomic E-state index is -1.07. The highest BCUT2D eigenvalue weighted by molar-refractivity contribution is 7.14. The van der Waals surface area contributed by atoms with E-state index in [9.17, 15) is 9.59 Å². The molecule has 0 atom stereocenters. The lowest BCUT2D eigenvalue weighted by atomic mass is 10.3. The van der Waals surface area contributed by atoms with Crippen LogP contribution in [0.1, 0.15) is 30.2 Å². The molecule has 2 rings (SSSR count). The molecule has 0 fully saturated rings. The van der Waals surface area contributed by atoms with E-state index in [1.165, 1.54) is 12.3 Å². The molecule has 106 valence electrons. The number of hydrogen-bond donors (Lipinski definition) is 3. The van der Waals surface area contributed by atoms with Crippen LogP contribution < -0.4 is 10.6 Å². The quantitative estimate of drug-likeness (QED) is 0.807. The van der Waals surface area contributed by atoms with E-state index in [4.69, 9.17) is 5.11 Å². The van der Waals surface area contributed by atoms with Gasteiger partial charge >= 0.3 is 12.0 Å². The number of amides is 2. The second kappa shape index (κ2) is 5.74. The zero-order valence-electron chi connectivity index (χ0n) is 11.0. The van der Waals surface area contributed by atoms with E-state index in [2.05, 4.69) is 15.7 Å². The van der Waals surface area contributed by atoms with Gasteiger partial charge in [-0.15, -0.1) is 11.3 Å². The second-order valence-electron chi connectivity index (χ2n) is 4.35. The maximum Gasteiger partial charge on any atom is 0.338 e. The van der Waals surface area contributed by atoms with E-state index in [1.54, 1.807) is 16.3 Å². The van der Waals surface area contributed by atoms with Crippen LogP contribution in [0.5, 0.6) is 0 Å². The Kier molecular flexibility index (Phi) is 4.04. The summed E-state index contributed by atoms with van der Waals surface area (Å²) in [6.07, 6.45) is 3.24. The summed E-state index contributed by atoms with van der Waals surface area (Å²) >= 11 is 1.15. The van der Waals surface area contributed by atoms with Gasteiger partial charge in [0.25, 0.3) is 0 Å². The van der Waals surface area contributed by atoms with Gasteiger partial charge in [0.05, 0.1) is 17.4 Å². The van der Waals surface area contributed by atoms with Crippen LogP contribution in [0.3, 0.4) is 0 Å². The van der Waals surface area contributed by atoms with E-state index in [1.807, 2.05) is 13.8 Å². The predicted molar refractivity (Wildman–Crippen MR) is 76.5 cm³/mol. The summed E-state index contributed by atoms with van der Waals surface area (Å²) in [6.45, 7) is 3.95. The number of rotatable bonds is 4. The molecular formula is C12H14N4O3S. The molecule has 2 aromatic rings. The van der Waals surface area contributed by atoms with Crippen LogP contribution in [0.2, 0.25) is 0 Å². The highest BCUT2D eigenvalue weighted by Gasteiger charge is 2.14. The van der Waals surface area contributed by atoms with Gasteiger partial charge in [0.15, 0.2) is 0 Å². The highest BCUT2D eigenvalue weighted by atomic mass is 32.1. The van der Waals surface area contributed by atoms with Crippen molar-refractivity contribution in [3.05, 3.63) is 29.4 Å². The molecule has 0 aliphatic rings. The minimum Gasteiger partial charge on any atom is -0.478 e. The molecule has 0 saturated carbocycles. The number of carboxylic acids is 1. The van der Waals surface area contributed by atoms with E-state index in [0.717, 1.165) is 11.3 Å². The standard InChI is InChI=1S/C12H14N4O3S/c1-7(2)16-6-8(5-13-16)14-12(19)15-10-9(11(17)18)3-4-20-10/h3-7H,1-2H3,(H,17,18)(H2,14,15,19). The van der Waals surface area contributed by atoms with Crippen molar-refractivity contribution in [1.29, 1.82) is 0 Å². The lowest BCUT2D eigenvalue weighted by Gasteiger charge is -2.05. The van der Waals surface area contributed by atoms with E-state index in [-0.39, 0.29) is 11.6 Å². The van der Waals surface area contributed by atoms with Crippen LogP contribution in [0.4, 0.5) is 15.5 Å². The summed E-state index contributed by atoms with van der Waals surface area (Å²) in [4.78, 5) is 22.7. The minimum absolute atomic E-state index is 0.0722. The van der Waals surface area contributed by atoms with Gasteiger partial charge in [-0.2, -0.15) is 5.10 Å². The third-order valence-electron chi connectivity index (χ3n) is 2.51. The van der Waals surface area contributed by atoms with Crippen LogP contribution in [0.25, 0.3) is 0 Å². The number of aromatic nitrogens is 2. The van der Waals surface area contributed by atoms with Crippen LogP contribution in [0, 0.1) is 0 Å². The van der Waals surface area contributed by atoms with Gasteiger partial charge in [-0.1, -0.05) is 0 Å². The SMILES string of the molecule is CC(C)n1cc(NC(=O)Nc2sccc2C(=O)O)cn1.